The van der Waals surface area contributed by atoms with Crippen molar-refractivity contribution in [2.75, 3.05) is 11.9 Å². The second-order valence-corrected chi connectivity index (χ2v) is 8.18. The van der Waals surface area contributed by atoms with Gasteiger partial charge in [-0.15, -0.1) is 22.7 Å². The molecule has 0 saturated heterocycles. The van der Waals surface area contributed by atoms with Crippen LogP contribution in [0, 0.1) is 11.6 Å². The van der Waals surface area contributed by atoms with Crippen LogP contribution in [0.5, 0.6) is 5.75 Å². The third-order valence-electron chi connectivity index (χ3n) is 4.27. The van der Waals surface area contributed by atoms with Crippen molar-refractivity contribution in [2.45, 2.75) is 13.3 Å². The second kappa shape index (κ2) is 9.32. The molecule has 4 rings (SSSR count). The van der Waals surface area contributed by atoms with Gasteiger partial charge in [0.25, 0.3) is 0 Å². The summed E-state index contributed by atoms with van der Waals surface area (Å²) >= 11 is 2.57. The fraction of sp³-hybridized carbons (Fsp3) is 0.136. The van der Waals surface area contributed by atoms with Crippen LogP contribution in [0.2, 0.25) is 0 Å². The average molecular weight is 458 g/mol. The number of rotatable bonds is 7. The first-order valence-corrected chi connectivity index (χ1v) is 11.2. The van der Waals surface area contributed by atoms with Crippen molar-refractivity contribution >= 4 is 33.7 Å². The molecule has 158 valence electrons. The molecule has 0 aliphatic rings. The van der Waals surface area contributed by atoms with Gasteiger partial charge in [0.2, 0.25) is 5.91 Å². The number of hydrogen-bond acceptors (Lipinski definition) is 6. The van der Waals surface area contributed by atoms with Gasteiger partial charge in [-0.3, -0.25) is 4.79 Å². The Hall–Kier alpha value is -3.17. The number of carbonyl (C=O) groups excluding carboxylic acids is 1. The number of nitrogens with zero attached hydrogens (tertiary/aromatic N) is 2. The maximum absolute atomic E-state index is 13.9. The second-order valence-electron chi connectivity index (χ2n) is 6.46. The molecule has 0 radical (unpaired) electrons. The molecule has 1 N–H and O–H groups in total. The van der Waals surface area contributed by atoms with E-state index < -0.39 is 11.6 Å². The molecule has 4 aromatic rings. The number of halogens is 2. The third kappa shape index (κ3) is 4.95. The van der Waals surface area contributed by atoms with Crippen LogP contribution in [0.4, 0.5) is 13.9 Å². The summed E-state index contributed by atoms with van der Waals surface area (Å²) in [6, 6.07) is 10.8. The molecule has 9 heteroatoms. The predicted octanol–water partition coefficient (Wildman–Crippen LogP) is 5.79. The van der Waals surface area contributed by atoms with Crippen LogP contribution < -0.4 is 10.1 Å². The lowest BCUT2D eigenvalue weighted by Gasteiger charge is -2.07. The fourth-order valence-corrected chi connectivity index (χ4v) is 4.49. The molecule has 0 atom stereocenters. The number of thiazole rings is 2. The van der Waals surface area contributed by atoms with Gasteiger partial charge in [-0.1, -0.05) is 12.1 Å². The summed E-state index contributed by atoms with van der Waals surface area (Å²) in [4.78, 5) is 21.2. The Morgan fingerprint density at radius 1 is 1.06 bits per heavy atom. The minimum absolute atomic E-state index is 0.0499. The summed E-state index contributed by atoms with van der Waals surface area (Å²) in [5.74, 6) is -0.682. The van der Waals surface area contributed by atoms with Crippen molar-refractivity contribution < 1.29 is 18.3 Å². The Kier molecular flexibility index (Phi) is 6.34. The number of ether oxygens (including phenoxy) is 1. The SMILES string of the molecule is CCOc1ccccc1-c1nc(CC(=O)Nc2nc(-c3cc(F)ccc3F)cs2)cs1. The van der Waals surface area contributed by atoms with Crippen LogP contribution in [-0.2, 0) is 11.2 Å². The normalized spacial score (nSPS) is 10.8. The van der Waals surface area contributed by atoms with E-state index in [2.05, 4.69) is 15.3 Å². The Morgan fingerprint density at radius 2 is 1.90 bits per heavy atom. The van der Waals surface area contributed by atoms with Gasteiger partial charge in [-0.2, -0.15) is 0 Å². The molecular formula is C22H17F2N3O2S2. The number of amides is 1. The van der Waals surface area contributed by atoms with Crippen LogP contribution in [0.3, 0.4) is 0 Å². The fourth-order valence-electron chi connectivity index (χ4n) is 2.91. The van der Waals surface area contributed by atoms with Gasteiger partial charge >= 0.3 is 0 Å². The molecule has 0 unspecified atom stereocenters. The number of anilines is 1. The zero-order chi connectivity index (χ0) is 21.8. The molecule has 31 heavy (non-hydrogen) atoms. The van der Waals surface area contributed by atoms with Crippen molar-refractivity contribution in [3.05, 3.63) is 70.6 Å². The standard InChI is InChI=1S/C22H17F2N3O2S2/c1-2-29-19-6-4-3-5-15(19)21-25-14(11-30-21)10-20(28)27-22-26-18(12-31-22)16-9-13(23)7-8-17(16)24/h3-9,11-12H,2,10H2,1H3,(H,26,27,28). The van der Waals surface area contributed by atoms with Gasteiger partial charge in [0.05, 0.1) is 30.0 Å². The summed E-state index contributed by atoms with van der Waals surface area (Å²) in [6.45, 7) is 2.47. The van der Waals surface area contributed by atoms with Gasteiger partial charge in [0.15, 0.2) is 5.13 Å². The van der Waals surface area contributed by atoms with Gasteiger partial charge in [-0.25, -0.2) is 18.7 Å². The smallest absolute Gasteiger partial charge is 0.232 e. The van der Waals surface area contributed by atoms with E-state index in [4.69, 9.17) is 4.74 Å². The van der Waals surface area contributed by atoms with E-state index in [0.29, 0.717) is 17.4 Å². The van der Waals surface area contributed by atoms with Crippen LogP contribution in [-0.4, -0.2) is 22.5 Å². The van der Waals surface area contributed by atoms with Crippen LogP contribution >= 0.6 is 22.7 Å². The lowest BCUT2D eigenvalue weighted by atomic mass is 10.1. The number of nitrogens with one attached hydrogen (secondary N) is 1. The Balaban J connectivity index is 1.44. The Morgan fingerprint density at radius 3 is 2.74 bits per heavy atom. The Bertz CT molecular complexity index is 1220. The summed E-state index contributed by atoms with van der Waals surface area (Å²) in [7, 11) is 0. The topological polar surface area (TPSA) is 64.1 Å². The van der Waals surface area contributed by atoms with Crippen molar-refractivity contribution in [1.82, 2.24) is 9.97 Å². The highest BCUT2D eigenvalue weighted by atomic mass is 32.1. The molecule has 0 bridgehead atoms. The highest BCUT2D eigenvalue weighted by Crippen LogP contribution is 2.32. The quantitative estimate of drug-likeness (QED) is 0.381. The van der Waals surface area contributed by atoms with Gasteiger partial charge in [-0.05, 0) is 37.3 Å². The molecule has 2 heterocycles. The van der Waals surface area contributed by atoms with Crippen LogP contribution in [0.15, 0.2) is 53.2 Å². The maximum Gasteiger partial charge on any atom is 0.232 e. The molecular weight excluding hydrogens is 440 g/mol. The van der Waals surface area contributed by atoms with Gasteiger partial charge in [0.1, 0.15) is 22.4 Å². The van der Waals surface area contributed by atoms with E-state index in [1.165, 1.54) is 11.3 Å². The van der Waals surface area contributed by atoms with E-state index in [-0.39, 0.29) is 23.6 Å². The van der Waals surface area contributed by atoms with E-state index in [0.717, 1.165) is 45.9 Å². The molecule has 0 saturated carbocycles. The van der Waals surface area contributed by atoms with E-state index >= 15 is 0 Å². The molecule has 2 aromatic heterocycles. The van der Waals surface area contributed by atoms with E-state index in [1.807, 2.05) is 36.6 Å². The highest BCUT2D eigenvalue weighted by Gasteiger charge is 2.15. The number of aromatic nitrogens is 2. The summed E-state index contributed by atoms with van der Waals surface area (Å²) < 4.78 is 33.0. The first-order chi connectivity index (χ1) is 15.0. The minimum Gasteiger partial charge on any atom is -0.493 e. The van der Waals surface area contributed by atoms with E-state index in [9.17, 15) is 13.6 Å². The largest absolute Gasteiger partial charge is 0.493 e. The summed E-state index contributed by atoms with van der Waals surface area (Å²) in [5.41, 5.74) is 1.81. The van der Waals surface area contributed by atoms with Crippen molar-refractivity contribution in [3.63, 3.8) is 0 Å². The molecule has 0 spiro atoms. The minimum atomic E-state index is -0.577. The number of hydrogen-bond donors (Lipinski definition) is 1. The molecule has 5 nitrogen and oxygen atoms in total. The maximum atomic E-state index is 13.9. The van der Waals surface area contributed by atoms with Crippen LogP contribution in [0.1, 0.15) is 12.6 Å². The number of para-hydroxylation sites is 1. The zero-order valence-electron chi connectivity index (χ0n) is 16.4. The average Bonchev–Trinajstić information content (AvgIpc) is 3.40. The number of benzene rings is 2. The molecule has 0 aliphatic heterocycles. The monoisotopic (exact) mass is 457 g/mol. The third-order valence-corrected chi connectivity index (χ3v) is 5.95. The summed E-state index contributed by atoms with van der Waals surface area (Å²) in [5, 5.41) is 7.16. The number of carbonyl (C=O) groups is 1. The molecule has 0 aliphatic carbocycles. The highest BCUT2D eigenvalue weighted by molar-refractivity contribution is 7.14. The van der Waals surface area contributed by atoms with Crippen molar-refractivity contribution in [2.24, 2.45) is 0 Å². The molecule has 2 aromatic carbocycles. The first-order valence-electron chi connectivity index (χ1n) is 9.41. The summed E-state index contributed by atoms with van der Waals surface area (Å²) in [6.07, 6.45) is 0.0660. The lowest BCUT2D eigenvalue weighted by molar-refractivity contribution is -0.115. The zero-order valence-corrected chi connectivity index (χ0v) is 18.0. The van der Waals surface area contributed by atoms with Crippen molar-refractivity contribution in [1.29, 1.82) is 0 Å². The molecule has 1 amide bonds. The first kappa shape index (κ1) is 21.1. The Labute approximate surface area is 185 Å². The van der Waals surface area contributed by atoms with Crippen molar-refractivity contribution in [3.8, 4) is 27.6 Å². The van der Waals surface area contributed by atoms with E-state index in [1.54, 1.807) is 5.38 Å². The molecule has 0 fully saturated rings. The van der Waals surface area contributed by atoms with Crippen LogP contribution in [0.25, 0.3) is 21.8 Å². The van der Waals surface area contributed by atoms with Gasteiger partial charge in [0, 0.05) is 16.3 Å². The predicted molar refractivity (Wildman–Crippen MR) is 119 cm³/mol. The lowest BCUT2D eigenvalue weighted by Crippen LogP contribution is -2.14. The van der Waals surface area contributed by atoms with Gasteiger partial charge < -0.3 is 10.1 Å².